The van der Waals surface area contributed by atoms with Crippen molar-refractivity contribution < 1.29 is 13.5 Å². The second-order valence-electron chi connectivity index (χ2n) is 6.94. The van der Waals surface area contributed by atoms with Gasteiger partial charge in [-0.15, -0.1) is 11.3 Å². The molecule has 0 aromatic carbocycles. The van der Waals surface area contributed by atoms with Crippen molar-refractivity contribution in [1.29, 1.82) is 0 Å². The first kappa shape index (κ1) is 23.9. The number of sulfone groups is 1. The van der Waals surface area contributed by atoms with E-state index in [1.54, 1.807) is 17.5 Å². The number of hydrogen-bond acceptors (Lipinski definition) is 6. The zero-order valence-electron chi connectivity index (χ0n) is 17.0. The predicted molar refractivity (Wildman–Crippen MR) is 113 cm³/mol. The van der Waals surface area contributed by atoms with Gasteiger partial charge in [-0.25, -0.2) is 8.42 Å². The van der Waals surface area contributed by atoms with Crippen LogP contribution in [0.1, 0.15) is 34.6 Å². The molecule has 27 heavy (non-hydrogen) atoms. The van der Waals surface area contributed by atoms with E-state index in [0.717, 1.165) is 17.9 Å². The van der Waals surface area contributed by atoms with Crippen molar-refractivity contribution in [3.63, 3.8) is 0 Å². The summed E-state index contributed by atoms with van der Waals surface area (Å²) in [5.74, 6) is 0.253. The first-order chi connectivity index (χ1) is 12.7. The first-order valence-electron chi connectivity index (χ1n) is 9.39. The second-order valence-corrected chi connectivity index (χ2v) is 10.1. The Hall–Kier alpha value is -1.16. The van der Waals surface area contributed by atoms with Gasteiger partial charge in [0.25, 0.3) is 0 Å². The number of aliphatic hydroxyl groups is 1. The molecule has 9 heteroatoms. The van der Waals surface area contributed by atoms with Gasteiger partial charge >= 0.3 is 0 Å². The molecule has 0 aliphatic carbocycles. The molecule has 1 unspecified atom stereocenters. The summed E-state index contributed by atoms with van der Waals surface area (Å²) in [6.45, 7) is 12.9. The maximum Gasteiger partial charge on any atom is 0.191 e. The molecule has 1 aromatic rings. The van der Waals surface area contributed by atoms with Gasteiger partial charge in [-0.3, -0.25) is 9.89 Å². The summed E-state index contributed by atoms with van der Waals surface area (Å²) < 4.78 is 24.7. The van der Waals surface area contributed by atoms with Crippen LogP contribution in [0.25, 0.3) is 0 Å². The van der Waals surface area contributed by atoms with Crippen LogP contribution in [-0.4, -0.2) is 74.5 Å². The van der Waals surface area contributed by atoms with Gasteiger partial charge in [-0.1, -0.05) is 6.07 Å². The number of aliphatic imine (C=N–C) groups is 1. The third kappa shape index (κ3) is 8.59. The largest absolute Gasteiger partial charge is 0.390 e. The molecule has 0 spiro atoms. The monoisotopic (exact) mass is 418 g/mol. The van der Waals surface area contributed by atoms with Crippen LogP contribution in [0, 0.1) is 0 Å². The summed E-state index contributed by atoms with van der Waals surface area (Å²) in [6, 6.07) is 4.15. The normalized spacial score (nSPS) is 14.2. The van der Waals surface area contributed by atoms with Crippen molar-refractivity contribution in [3.8, 4) is 0 Å². The molecular weight excluding hydrogens is 384 g/mol. The highest BCUT2D eigenvalue weighted by molar-refractivity contribution is 7.93. The highest BCUT2D eigenvalue weighted by Gasteiger charge is 2.20. The number of nitrogens with zero attached hydrogens (tertiary/aromatic N) is 2. The Kier molecular flexibility index (Phi) is 10.3. The molecule has 0 bridgehead atoms. The van der Waals surface area contributed by atoms with Crippen LogP contribution in [0.2, 0.25) is 0 Å². The van der Waals surface area contributed by atoms with Crippen molar-refractivity contribution in [2.75, 3.05) is 31.9 Å². The van der Waals surface area contributed by atoms with Crippen LogP contribution in [0.4, 0.5) is 0 Å². The molecule has 0 radical (unpaired) electrons. The predicted octanol–water partition coefficient (Wildman–Crippen LogP) is 1.56. The molecule has 1 atom stereocenters. The molecule has 1 heterocycles. The highest BCUT2D eigenvalue weighted by Crippen LogP contribution is 2.18. The van der Waals surface area contributed by atoms with Crippen LogP contribution in [-0.2, 0) is 9.84 Å². The second kappa shape index (κ2) is 11.6. The number of guanidine groups is 1. The van der Waals surface area contributed by atoms with E-state index < -0.39 is 15.9 Å². The lowest BCUT2D eigenvalue weighted by Gasteiger charge is -2.30. The molecule has 1 aromatic heterocycles. The number of hydrogen-bond donors (Lipinski definition) is 3. The third-order valence-electron chi connectivity index (χ3n) is 4.01. The smallest absolute Gasteiger partial charge is 0.191 e. The molecule has 7 nitrogen and oxygen atoms in total. The Morgan fingerprint density at radius 1 is 1.26 bits per heavy atom. The first-order valence-corrected chi connectivity index (χ1v) is 11.9. The summed E-state index contributed by atoms with van der Waals surface area (Å²) in [4.78, 5) is 6.70. The molecule has 0 aliphatic rings. The van der Waals surface area contributed by atoms with Gasteiger partial charge < -0.3 is 15.7 Å². The van der Waals surface area contributed by atoms with Gasteiger partial charge in [0.15, 0.2) is 15.8 Å². The molecule has 0 fully saturated rings. The standard InChI is InChI=1S/C18H34N4O3S2/c1-6-19-18(20-9-10-22(14(2)3)15(4)5)21-12-16(23)13-27(24,25)17-8-7-11-26-17/h7-8,11,14-16,23H,6,9-10,12-13H2,1-5H3,(H2,19,20,21). The van der Waals surface area contributed by atoms with Crippen molar-refractivity contribution in [2.45, 2.75) is 57.0 Å². The molecule has 0 saturated heterocycles. The Bertz CT molecular complexity index is 650. The molecule has 3 N–H and O–H groups in total. The number of thiophene rings is 1. The van der Waals surface area contributed by atoms with Gasteiger partial charge in [0.05, 0.1) is 18.4 Å². The highest BCUT2D eigenvalue weighted by atomic mass is 32.2. The molecule has 0 aliphatic heterocycles. The van der Waals surface area contributed by atoms with E-state index in [1.807, 2.05) is 6.92 Å². The van der Waals surface area contributed by atoms with E-state index in [9.17, 15) is 13.5 Å². The minimum atomic E-state index is -3.47. The number of aliphatic hydroxyl groups excluding tert-OH is 1. The lowest BCUT2D eigenvalue weighted by atomic mass is 10.2. The van der Waals surface area contributed by atoms with E-state index >= 15 is 0 Å². The fraction of sp³-hybridized carbons (Fsp3) is 0.722. The van der Waals surface area contributed by atoms with E-state index in [4.69, 9.17) is 0 Å². The lowest BCUT2D eigenvalue weighted by molar-refractivity contribution is 0.178. The Morgan fingerprint density at radius 3 is 2.44 bits per heavy atom. The van der Waals surface area contributed by atoms with E-state index in [2.05, 4.69) is 48.2 Å². The zero-order chi connectivity index (χ0) is 20.4. The van der Waals surface area contributed by atoms with Crippen molar-refractivity contribution in [2.24, 2.45) is 4.99 Å². The van der Waals surface area contributed by atoms with Crippen LogP contribution in [0.5, 0.6) is 0 Å². The van der Waals surface area contributed by atoms with Crippen LogP contribution in [0.3, 0.4) is 0 Å². The van der Waals surface area contributed by atoms with Crippen LogP contribution in [0.15, 0.2) is 26.7 Å². The zero-order valence-corrected chi connectivity index (χ0v) is 18.6. The SMILES string of the molecule is CCNC(=NCC(O)CS(=O)(=O)c1cccs1)NCCN(C(C)C)C(C)C. The summed E-state index contributed by atoms with van der Waals surface area (Å²) in [5.41, 5.74) is 0. The number of nitrogens with one attached hydrogen (secondary N) is 2. The van der Waals surface area contributed by atoms with Gasteiger partial charge in [0, 0.05) is 31.7 Å². The van der Waals surface area contributed by atoms with Crippen molar-refractivity contribution in [3.05, 3.63) is 17.5 Å². The van der Waals surface area contributed by atoms with Crippen LogP contribution >= 0.6 is 11.3 Å². The molecular formula is C18H34N4O3S2. The van der Waals surface area contributed by atoms with Crippen LogP contribution < -0.4 is 10.6 Å². The number of rotatable bonds is 11. The topological polar surface area (TPSA) is 94.0 Å². The Balaban J connectivity index is 2.57. The Labute approximate surface area is 167 Å². The third-order valence-corrected chi connectivity index (χ3v) is 7.29. The van der Waals surface area contributed by atoms with Gasteiger partial charge in [0.1, 0.15) is 4.21 Å². The minimum Gasteiger partial charge on any atom is -0.390 e. The summed E-state index contributed by atoms with van der Waals surface area (Å²) >= 11 is 1.16. The average Bonchev–Trinajstić information content (AvgIpc) is 3.10. The molecule has 156 valence electrons. The summed E-state index contributed by atoms with van der Waals surface area (Å²) in [6.07, 6.45) is -1.05. The van der Waals surface area contributed by atoms with E-state index in [0.29, 0.717) is 31.1 Å². The summed E-state index contributed by atoms with van der Waals surface area (Å²) in [7, 11) is -3.47. The quantitative estimate of drug-likeness (QED) is 0.373. The fourth-order valence-corrected chi connectivity index (χ4v) is 5.25. The van der Waals surface area contributed by atoms with Gasteiger partial charge in [-0.2, -0.15) is 0 Å². The van der Waals surface area contributed by atoms with Crippen molar-refractivity contribution in [1.82, 2.24) is 15.5 Å². The van der Waals surface area contributed by atoms with E-state index in [1.165, 1.54) is 0 Å². The minimum absolute atomic E-state index is 0.0258. The van der Waals surface area contributed by atoms with E-state index in [-0.39, 0.29) is 16.5 Å². The Morgan fingerprint density at radius 2 is 1.93 bits per heavy atom. The lowest BCUT2D eigenvalue weighted by Crippen LogP contribution is -2.45. The summed E-state index contributed by atoms with van der Waals surface area (Å²) in [5, 5.41) is 18.2. The molecule has 0 amide bonds. The fourth-order valence-electron chi connectivity index (χ4n) is 2.78. The maximum absolute atomic E-state index is 12.2. The average molecular weight is 419 g/mol. The molecule has 1 rings (SSSR count). The van der Waals surface area contributed by atoms with Crippen molar-refractivity contribution >= 4 is 27.1 Å². The maximum atomic E-state index is 12.2. The van der Waals surface area contributed by atoms with Gasteiger partial charge in [0.2, 0.25) is 0 Å². The molecule has 0 saturated carbocycles. The van der Waals surface area contributed by atoms with Gasteiger partial charge in [-0.05, 0) is 46.1 Å².